The Balaban J connectivity index is 1.43. The summed E-state index contributed by atoms with van der Waals surface area (Å²) in [6.07, 6.45) is 8.39. The summed E-state index contributed by atoms with van der Waals surface area (Å²) in [5.41, 5.74) is 3.73. The summed E-state index contributed by atoms with van der Waals surface area (Å²) >= 11 is 0. The van der Waals surface area contributed by atoms with Gasteiger partial charge >= 0.3 is 6.03 Å². The zero-order chi connectivity index (χ0) is 15.2. The molecule has 1 aliphatic carbocycles. The standard InChI is InChI=1S/C18H27N3O/c22-18(19-11-6-14-21-12-3-4-13-21)20-17-10-5-8-15-7-1-2-9-16(15)17/h5,8,10H,1-4,6-7,9,11-14H2,(H2,19,20,22). The lowest BCUT2D eigenvalue weighted by molar-refractivity contribution is 0.251. The van der Waals surface area contributed by atoms with Crippen LogP contribution in [0.3, 0.4) is 0 Å². The topological polar surface area (TPSA) is 44.4 Å². The molecule has 0 bridgehead atoms. The molecule has 2 amide bonds. The fourth-order valence-corrected chi connectivity index (χ4v) is 3.58. The van der Waals surface area contributed by atoms with Crippen molar-refractivity contribution in [1.29, 1.82) is 0 Å². The van der Waals surface area contributed by atoms with Gasteiger partial charge in [0.1, 0.15) is 0 Å². The summed E-state index contributed by atoms with van der Waals surface area (Å²) in [5.74, 6) is 0. The second kappa shape index (κ2) is 7.63. The molecule has 120 valence electrons. The van der Waals surface area contributed by atoms with E-state index in [0.29, 0.717) is 0 Å². The number of fused-ring (bicyclic) bond motifs is 1. The highest BCUT2D eigenvalue weighted by Crippen LogP contribution is 2.27. The SMILES string of the molecule is O=C(NCCCN1CCCC1)Nc1cccc2c1CCCC2. The van der Waals surface area contributed by atoms with Crippen LogP contribution in [-0.2, 0) is 12.8 Å². The van der Waals surface area contributed by atoms with Gasteiger partial charge in [0.2, 0.25) is 0 Å². The van der Waals surface area contributed by atoms with E-state index in [0.717, 1.165) is 38.0 Å². The van der Waals surface area contributed by atoms with Gasteiger partial charge in [-0.05, 0) is 81.8 Å². The molecule has 0 unspecified atom stereocenters. The van der Waals surface area contributed by atoms with Crippen LogP contribution in [0, 0.1) is 0 Å². The van der Waals surface area contributed by atoms with Crippen molar-refractivity contribution in [3.8, 4) is 0 Å². The molecule has 1 aliphatic heterocycles. The van der Waals surface area contributed by atoms with Crippen molar-refractivity contribution in [3.05, 3.63) is 29.3 Å². The predicted molar refractivity (Wildman–Crippen MR) is 90.4 cm³/mol. The van der Waals surface area contributed by atoms with E-state index < -0.39 is 0 Å². The van der Waals surface area contributed by atoms with E-state index in [4.69, 9.17) is 0 Å². The summed E-state index contributed by atoms with van der Waals surface area (Å²) in [6.45, 7) is 4.29. The maximum atomic E-state index is 12.1. The minimum atomic E-state index is -0.0691. The van der Waals surface area contributed by atoms with Crippen molar-refractivity contribution < 1.29 is 4.79 Å². The number of carbonyl (C=O) groups excluding carboxylic acids is 1. The first kappa shape index (κ1) is 15.3. The Morgan fingerprint density at radius 3 is 2.77 bits per heavy atom. The van der Waals surface area contributed by atoms with Gasteiger partial charge in [0, 0.05) is 12.2 Å². The number of nitrogens with one attached hydrogen (secondary N) is 2. The van der Waals surface area contributed by atoms with E-state index in [1.54, 1.807) is 0 Å². The van der Waals surface area contributed by atoms with E-state index in [-0.39, 0.29) is 6.03 Å². The molecule has 0 spiro atoms. The van der Waals surface area contributed by atoms with Gasteiger partial charge in [0.15, 0.2) is 0 Å². The van der Waals surface area contributed by atoms with Crippen LogP contribution in [0.4, 0.5) is 10.5 Å². The van der Waals surface area contributed by atoms with E-state index in [9.17, 15) is 4.79 Å². The summed E-state index contributed by atoms with van der Waals surface area (Å²) in [7, 11) is 0. The Morgan fingerprint density at radius 2 is 1.91 bits per heavy atom. The fourth-order valence-electron chi connectivity index (χ4n) is 3.58. The second-order valence-electron chi connectivity index (χ2n) is 6.43. The third kappa shape index (κ3) is 4.01. The number of urea groups is 1. The zero-order valence-corrected chi connectivity index (χ0v) is 13.4. The van der Waals surface area contributed by atoms with Crippen LogP contribution < -0.4 is 10.6 Å². The molecule has 0 saturated carbocycles. The minimum absolute atomic E-state index is 0.0691. The highest BCUT2D eigenvalue weighted by molar-refractivity contribution is 5.90. The first-order valence-electron chi connectivity index (χ1n) is 8.71. The average molecular weight is 301 g/mol. The fraction of sp³-hybridized carbons (Fsp3) is 0.611. The maximum Gasteiger partial charge on any atom is 0.319 e. The van der Waals surface area contributed by atoms with Gasteiger partial charge in [0.25, 0.3) is 0 Å². The molecule has 4 heteroatoms. The molecule has 22 heavy (non-hydrogen) atoms. The lowest BCUT2D eigenvalue weighted by Gasteiger charge is -2.20. The van der Waals surface area contributed by atoms with Gasteiger partial charge in [-0.1, -0.05) is 12.1 Å². The van der Waals surface area contributed by atoms with Crippen LogP contribution in [0.25, 0.3) is 0 Å². The lowest BCUT2D eigenvalue weighted by atomic mass is 9.90. The number of amides is 2. The largest absolute Gasteiger partial charge is 0.338 e. The van der Waals surface area contributed by atoms with Gasteiger partial charge in [-0.3, -0.25) is 0 Å². The molecule has 0 atom stereocenters. The van der Waals surface area contributed by atoms with Gasteiger partial charge in [-0.25, -0.2) is 4.79 Å². The van der Waals surface area contributed by atoms with E-state index in [1.807, 2.05) is 12.1 Å². The first-order valence-corrected chi connectivity index (χ1v) is 8.71. The number of carbonyl (C=O) groups is 1. The van der Waals surface area contributed by atoms with Crippen molar-refractivity contribution in [2.45, 2.75) is 44.9 Å². The molecule has 1 aromatic carbocycles. The first-order chi connectivity index (χ1) is 10.8. The highest BCUT2D eigenvalue weighted by Gasteiger charge is 2.14. The molecule has 0 radical (unpaired) electrons. The maximum absolute atomic E-state index is 12.1. The number of likely N-dealkylation sites (tertiary alicyclic amines) is 1. The van der Waals surface area contributed by atoms with Crippen LogP contribution in [0.5, 0.6) is 0 Å². The van der Waals surface area contributed by atoms with Gasteiger partial charge in [-0.15, -0.1) is 0 Å². The summed E-state index contributed by atoms with van der Waals surface area (Å²) in [5, 5.41) is 6.02. The summed E-state index contributed by atoms with van der Waals surface area (Å²) in [6, 6.07) is 6.19. The Bertz CT molecular complexity index is 509. The summed E-state index contributed by atoms with van der Waals surface area (Å²) < 4.78 is 0. The number of benzene rings is 1. The summed E-state index contributed by atoms with van der Waals surface area (Å²) in [4.78, 5) is 14.5. The van der Waals surface area contributed by atoms with Crippen molar-refractivity contribution in [3.63, 3.8) is 0 Å². The average Bonchev–Trinajstić information content (AvgIpc) is 3.05. The highest BCUT2D eigenvalue weighted by atomic mass is 16.2. The molecule has 4 nitrogen and oxygen atoms in total. The van der Waals surface area contributed by atoms with Gasteiger partial charge in [-0.2, -0.15) is 0 Å². The van der Waals surface area contributed by atoms with Crippen molar-refractivity contribution in [2.75, 3.05) is 31.5 Å². The number of hydrogen-bond donors (Lipinski definition) is 2. The third-order valence-electron chi connectivity index (χ3n) is 4.78. The molecule has 0 aromatic heterocycles. The number of anilines is 1. The number of aryl methyl sites for hydroxylation is 1. The monoisotopic (exact) mass is 301 g/mol. The smallest absolute Gasteiger partial charge is 0.319 e. The Hall–Kier alpha value is -1.55. The third-order valence-corrected chi connectivity index (χ3v) is 4.78. The Kier molecular flexibility index (Phi) is 5.33. The van der Waals surface area contributed by atoms with Crippen molar-refractivity contribution in [1.82, 2.24) is 10.2 Å². The van der Waals surface area contributed by atoms with Crippen LogP contribution in [0.1, 0.15) is 43.2 Å². The van der Waals surface area contributed by atoms with Crippen LogP contribution in [-0.4, -0.2) is 37.1 Å². The van der Waals surface area contributed by atoms with Gasteiger partial charge < -0.3 is 15.5 Å². The van der Waals surface area contributed by atoms with Crippen LogP contribution in [0.2, 0.25) is 0 Å². The molecular formula is C18H27N3O. The number of nitrogens with zero attached hydrogens (tertiary/aromatic N) is 1. The normalized spacial score (nSPS) is 18.0. The minimum Gasteiger partial charge on any atom is -0.338 e. The van der Waals surface area contributed by atoms with E-state index in [1.165, 1.54) is 49.9 Å². The molecule has 1 saturated heterocycles. The Morgan fingerprint density at radius 1 is 1.09 bits per heavy atom. The van der Waals surface area contributed by atoms with E-state index in [2.05, 4.69) is 21.6 Å². The van der Waals surface area contributed by atoms with Crippen molar-refractivity contribution in [2.24, 2.45) is 0 Å². The molecule has 1 aromatic rings. The quantitative estimate of drug-likeness (QED) is 0.821. The zero-order valence-electron chi connectivity index (χ0n) is 13.4. The second-order valence-corrected chi connectivity index (χ2v) is 6.43. The molecular weight excluding hydrogens is 274 g/mol. The predicted octanol–water partition coefficient (Wildman–Crippen LogP) is 3.17. The Labute approximate surface area is 133 Å². The van der Waals surface area contributed by atoms with Gasteiger partial charge in [0.05, 0.1) is 0 Å². The van der Waals surface area contributed by atoms with Crippen molar-refractivity contribution >= 4 is 11.7 Å². The van der Waals surface area contributed by atoms with E-state index >= 15 is 0 Å². The molecule has 1 heterocycles. The molecule has 2 aliphatic rings. The molecule has 3 rings (SSSR count). The lowest BCUT2D eigenvalue weighted by Crippen LogP contribution is -2.32. The number of rotatable bonds is 5. The van der Waals surface area contributed by atoms with Crippen LogP contribution in [0.15, 0.2) is 18.2 Å². The van der Waals surface area contributed by atoms with Crippen LogP contribution >= 0.6 is 0 Å². The molecule has 2 N–H and O–H groups in total. The number of hydrogen-bond acceptors (Lipinski definition) is 2. The molecule has 1 fully saturated rings.